The van der Waals surface area contributed by atoms with Gasteiger partial charge in [0.05, 0.1) is 18.5 Å². The molecule has 0 saturated carbocycles. The minimum Gasteiger partial charge on any atom is -0.341 e. The van der Waals surface area contributed by atoms with E-state index in [0.717, 1.165) is 5.75 Å². The lowest BCUT2D eigenvalue weighted by atomic mass is 10.1. The first kappa shape index (κ1) is 14.3. The highest BCUT2D eigenvalue weighted by Gasteiger charge is 2.21. The number of rotatable bonds is 6. The standard InChI is InChI=1S/C10H19N3OS/c1-8(4-6-11)13(2)10(14)9(12)5-7-15-3/h8-9H,4-5,7,12H2,1-3H3/t8?,9-/m1/s1. The van der Waals surface area contributed by atoms with Crippen LogP contribution in [0.1, 0.15) is 19.8 Å². The quantitative estimate of drug-likeness (QED) is 0.732. The Morgan fingerprint density at radius 2 is 2.27 bits per heavy atom. The molecule has 5 heteroatoms. The van der Waals surface area contributed by atoms with Crippen LogP contribution in [0.15, 0.2) is 0 Å². The number of nitrogens with zero attached hydrogens (tertiary/aromatic N) is 2. The van der Waals surface area contributed by atoms with Gasteiger partial charge in [0.2, 0.25) is 5.91 Å². The van der Waals surface area contributed by atoms with E-state index in [1.165, 1.54) is 0 Å². The Balaban J connectivity index is 4.13. The van der Waals surface area contributed by atoms with E-state index < -0.39 is 6.04 Å². The Morgan fingerprint density at radius 3 is 2.73 bits per heavy atom. The Labute approximate surface area is 95.8 Å². The molecular formula is C10H19N3OS. The predicted octanol–water partition coefficient (Wildman–Crippen LogP) is 0.827. The molecule has 2 atom stereocenters. The molecule has 15 heavy (non-hydrogen) atoms. The molecule has 0 radical (unpaired) electrons. The van der Waals surface area contributed by atoms with Crippen LogP contribution in [0.4, 0.5) is 0 Å². The zero-order valence-electron chi connectivity index (χ0n) is 9.56. The molecule has 1 unspecified atom stereocenters. The number of nitriles is 1. The van der Waals surface area contributed by atoms with Crippen molar-refractivity contribution in [3.63, 3.8) is 0 Å². The zero-order chi connectivity index (χ0) is 11.8. The molecule has 0 spiro atoms. The Kier molecular flexibility index (Phi) is 7.18. The fraction of sp³-hybridized carbons (Fsp3) is 0.800. The van der Waals surface area contributed by atoms with Crippen LogP contribution in [0.3, 0.4) is 0 Å². The first-order chi connectivity index (χ1) is 7.04. The van der Waals surface area contributed by atoms with Gasteiger partial charge in [-0.3, -0.25) is 4.79 Å². The molecule has 0 rings (SSSR count). The van der Waals surface area contributed by atoms with Crippen LogP contribution in [0.2, 0.25) is 0 Å². The summed E-state index contributed by atoms with van der Waals surface area (Å²) in [5.41, 5.74) is 5.75. The van der Waals surface area contributed by atoms with E-state index in [-0.39, 0.29) is 11.9 Å². The molecule has 0 aromatic heterocycles. The minimum absolute atomic E-state index is 0.0668. The average molecular weight is 229 g/mol. The third-order valence-electron chi connectivity index (χ3n) is 2.35. The van der Waals surface area contributed by atoms with Crippen molar-refractivity contribution in [2.75, 3.05) is 19.1 Å². The van der Waals surface area contributed by atoms with E-state index in [1.54, 1.807) is 23.7 Å². The van der Waals surface area contributed by atoms with Crippen molar-refractivity contribution >= 4 is 17.7 Å². The summed E-state index contributed by atoms with van der Waals surface area (Å²) in [7, 11) is 1.70. The lowest BCUT2D eigenvalue weighted by Crippen LogP contribution is -2.45. The largest absolute Gasteiger partial charge is 0.341 e. The summed E-state index contributed by atoms with van der Waals surface area (Å²) < 4.78 is 0. The molecule has 0 fully saturated rings. The van der Waals surface area contributed by atoms with E-state index in [9.17, 15) is 4.79 Å². The van der Waals surface area contributed by atoms with Gasteiger partial charge in [-0.05, 0) is 25.4 Å². The lowest BCUT2D eigenvalue weighted by molar-refractivity contribution is -0.133. The minimum atomic E-state index is -0.441. The van der Waals surface area contributed by atoms with Crippen LogP contribution < -0.4 is 5.73 Å². The molecule has 0 heterocycles. The monoisotopic (exact) mass is 229 g/mol. The van der Waals surface area contributed by atoms with Crippen LogP contribution in [-0.4, -0.2) is 41.9 Å². The summed E-state index contributed by atoms with van der Waals surface area (Å²) in [4.78, 5) is 13.3. The van der Waals surface area contributed by atoms with Gasteiger partial charge in [-0.25, -0.2) is 0 Å². The van der Waals surface area contributed by atoms with Gasteiger partial charge < -0.3 is 10.6 Å². The highest BCUT2D eigenvalue weighted by atomic mass is 32.2. The molecule has 0 bridgehead atoms. The Morgan fingerprint density at radius 1 is 1.67 bits per heavy atom. The summed E-state index contributed by atoms with van der Waals surface area (Å²) in [6.45, 7) is 1.85. The van der Waals surface area contributed by atoms with Crippen LogP contribution in [0, 0.1) is 11.3 Å². The maximum atomic E-state index is 11.7. The number of amides is 1. The normalized spacial score (nSPS) is 14.1. The number of thioether (sulfide) groups is 1. The fourth-order valence-electron chi connectivity index (χ4n) is 1.12. The number of hydrogen-bond donors (Lipinski definition) is 1. The molecule has 4 nitrogen and oxygen atoms in total. The second-order valence-corrected chi connectivity index (χ2v) is 4.53. The molecular weight excluding hydrogens is 210 g/mol. The van der Waals surface area contributed by atoms with Crippen molar-refractivity contribution in [1.82, 2.24) is 4.90 Å². The highest BCUT2D eigenvalue weighted by Crippen LogP contribution is 2.06. The van der Waals surface area contributed by atoms with E-state index >= 15 is 0 Å². The number of nitrogens with two attached hydrogens (primary N) is 1. The van der Waals surface area contributed by atoms with Crippen molar-refractivity contribution in [1.29, 1.82) is 5.26 Å². The highest BCUT2D eigenvalue weighted by molar-refractivity contribution is 7.98. The molecule has 0 aliphatic carbocycles. The van der Waals surface area contributed by atoms with Crippen LogP contribution in [-0.2, 0) is 4.79 Å². The smallest absolute Gasteiger partial charge is 0.239 e. The maximum absolute atomic E-state index is 11.7. The van der Waals surface area contributed by atoms with Gasteiger partial charge in [0, 0.05) is 13.1 Å². The van der Waals surface area contributed by atoms with E-state index in [0.29, 0.717) is 12.8 Å². The molecule has 0 aliphatic heterocycles. The topological polar surface area (TPSA) is 70.1 Å². The number of hydrogen-bond acceptors (Lipinski definition) is 4. The van der Waals surface area contributed by atoms with Crippen molar-refractivity contribution in [3.05, 3.63) is 0 Å². The van der Waals surface area contributed by atoms with E-state index in [2.05, 4.69) is 0 Å². The van der Waals surface area contributed by atoms with Gasteiger partial charge in [-0.15, -0.1) is 0 Å². The number of likely N-dealkylation sites (N-methyl/N-ethyl adjacent to an activating group) is 1. The lowest BCUT2D eigenvalue weighted by Gasteiger charge is -2.25. The SMILES string of the molecule is CSCC[C@@H](N)C(=O)N(C)C(C)CC#N. The van der Waals surface area contributed by atoms with E-state index in [1.807, 2.05) is 19.2 Å². The summed E-state index contributed by atoms with van der Waals surface area (Å²) in [6, 6.07) is 1.54. The first-order valence-corrected chi connectivity index (χ1v) is 6.32. The van der Waals surface area contributed by atoms with Gasteiger partial charge in [0.25, 0.3) is 0 Å². The van der Waals surface area contributed by atoms with Crippen molar-refractivity contribution < 1.29 is 4.79 Å². The van der Waals surface area contributed by atoms with Crippen LogP contribution in [0.25, 0.3) is 0 Å². The van der Waals surface area contributed by atoms with Crippen molar-refractivity contribution in [2.24, 2.45) is 5.73 Å². The van der Waals surface area contributed by atoms with Crippen LogP contribution in [0.5, 0.6) is 0 Å². The average Bonchev–Trinajstić information content (AvgIpc) is 2.24. The third kappa shape index (κ3) is 5.05. The molecule has 0 aliphatic rings. The second kappa shape index (κ2) is 7.55. The Bertz CT molecular complexity index is 239. The molecule has 1 amide bonds. The fourth-order valence-corrected chi connectivity index (χ4v) is 1.61. The third-order valence-corrected chi connectivity index (χ3v) is 2.99. The predicted molar refractivity (Wildman–Crippen MR) is 63.4 cm³/mol. The van der Waals surface area contributed by atoms with Crippen molar-refractivity contribution in [2.45, 2.75) is 31.8 Å². The maximum Gasteiger partial charge on any atom is 0.239 e. The summed E-state index contributed by atoms with van der Waals surface area (Å²) in [6.07, 6.45) is 3.01. The molecule has 0 aromatic carbocycles. The second-order valence-electron chi connectivity index (χ2n) is 3.55. The van der Waals surface area contributed by atoms with Gasteiger partial charge in [-0.2, -0.15) is 17.0 Å². The summed E-state index contributed by atoms with van der Waals surface area (Å²) in [5.74, 6) is 0.805. The van der Waals surface area contributed by atoms with Gasteiger partial charge in [0.1, 0.15) is 0 Å². The zero-order valence-corrected chi connectivity index (χ0v) is 10.4. The molecule has 2 N–H and O–H groups in total. The molecule has 86 valence electrons. The molecule has 0 saturated heterocycles. The van der Waals surface area contributed by atoms with Gasteiger partial charge >= 0.3 is 0 Å². The molecule has 0 aromatic rings. The van der Waals surface area contributed by atoms with Crippen molar-refractivity contribution in [3.8, 4) is 6.07 Å². The summed E-state index contributed by atoms with van der Waals surface area (Å²) >= 11 is 1.67. The first-order valence-electron chi connectivity index (χ1n) is 4.92. The van der Waals surface area contributed by atoms with Gasteiger partial charge in [0.15, 0.2) is 0 Å². The summed E-state index contributed by atoms with van der Waals surface area (Å²) in [5, 5.41) is 8.52. The Hall–Kier alpha value is -0.730. The number of carbonyl (C=O) groups excluding carboxylic acids is 1. The number of carbonyl (C=O) groups is 1. The van der Waals surface area contributed by atoms with Crippen LogP contribution >= 0.6 is 11.8 Å². The van der Waals surface area contributed by atoms with E-state index in [4.69, 9.17) is 11.0 Å². The van der Waals surface area contributed by atoms with Gasteiger partial charge in [-0.1, -0.05) is 0 Å².